The van der Waals surface area contributed by atoms with E-state index in [1.165, 1.54) is 6.07 Å². The zero-order valence-corrected chi connectivity index (χ0v) is 7.81. The van der Waals surface area contributed by atoms with Gasteiger partial charge in [-0.3, -0.25) is 4.79 Å². The molecule has 0 aromatic heterocycles. The number of fused-ring (bicyclic) bond motifs is 1. The molecule has 74 valence electrons. The maximum Gasteiger partial charge on any atom is 0.336 e. The molecule has 1 N–H and O–H groups in total. The monoisotopic (exact) mass is 200 g/mol. The minimum absolute atomic E-state index is 0.219. The van der Waals surface area contributed by atoms with Crippen LogP contribution in [0.4, 0.5) is 0 Å². The molecule has 0 fully saturated rings. The van der Waals surface area contributed by atoms with Crippen LogP contribution in [0.2, 0.25) is 0 Å². The Hall–Kier alpha value is -2.16. The van der Waals surface area contributed by atoms with Crippen molar-refractivity contribution in [2.75, 3.05) is 0 Å². The van der Waals surface area contributed by atoms with Gasteiger partial charge in [-0.1, -0.05) is 30.3 Å². The Bertz CT molecular complexity index is 544. The number of benzene rings is 2. The van der Waals surface area contributed by atoms with Crippen LogP contribution in [0, 0.1) is 0 Å². The molecule has 0 unspecified atom stereocenters. The SMILES string of the molecule is O=Cc1cccc2c(C(=O)O)cccc12. The molecule has 15 heavy (non-hydrogen) atoms. The van der Waals surface area contributed by atoms with Crippen molar-refractivity contribution in [3.8, 4) is 0 Å². The van der Waals surface area contributed by atoms with Crippen LogP contribution in [-0.4, -0.2) is 17.4 Å². The summed E-state index contributed by atoms with van der Waals surface area (Å²) < 4.78 is 0. The van der Waals surface area contributed by atoms with Crippen molar-refractivity contribution in [1.29, 1.82) is 0 Å². The topological polar surface area (TPSA) is 54.4 Å². The minimum Gasteiger partial charge on any atom is -0.478 e. The number of carbonyl (C=O) groups excluding carboxylic acids is 1. The number of rotatable bonds is 2. The van der Waals surface area contributed by atoms with Crippen LogP contribution in [0.25, 0.3) is 10.8 Å². The lowest BCUT2D eigenvalue weighted by Crippen LogP contribution is -1.97. The normalized spacial score (nSPS) is 10.1. The number of aromatic carboxylic acids is 1. The molecule has 3 nitrogen and oxygen atoms in total. The van der Waals surface area contributed by atoms with Crippen LogP contribution in [0.15, 0.2) is 36.4 Å². The Balaban J connectivity index is 2.88. The van der Waals surface area contributed by atoms with Crippen molar-refractivity contribution in [2.45, 2.75) is 0 Å². The van der Waals surface area contributed by atoms with E-state index < -0.39 is 5.97 Å². The van der Waals surface area contributed by atoms with Gasteiger partial charge in [-0.25, -0.2) is 4.79 Å². The highest BCUT2D eigenvalue weighted by Crippen LogP contribution is 2.21. The molecule has 2 aromatic carbocycles. The van der Waals surface area contributed by atoms with Crippen LogP contribution in [0.3, 0.4) is 0 Å². The molecule has 0 saturated heterocycles. The number of hydrogen-bond acceptors (Lipinski definition) is 2. The van der Waals surface area contributed by atoms with Gasteiger partial charge in [0.1, 0.15) is 0 Å². The van der Waals surface area contributed by atoms with Crippen molar-refractivity contribution < 1.29 is 14.7 Å². The van der Waals surface area contributed by atoms with E-state index in [4.69, 9.17) is 5.11 Å². The third-order valence-electron chi connectivity index (χ3n) is 2.31. The molecule has 2 aromatic rings. The van der Waals surface area contributed by atoms with Crippen molar-refractivity contribution in [2.24, 2.45) is 0 Å². The van der Waals surface area contributed by atoms with Crippen LogP contribution in [0.5, 0.6) is 0 Å². The van der Waals surface area contributed by atoms with Gasteiger partial charge >= 0.3 is 5.97 Å². The standard InChI is InChI=1S/C12H8O3/c13-7-8-3-1-5-10-9(8)4-2-6-11(10)12(14)15/h1-7H,(H,14,15). The maximum absolute atomic E-state index is 10.9. The molecule has 0 atom stereocenters. The number of carbonyl (C=O) groups is 2. The number of hydrogen-bond donors (Lipinski definition) is 1. The van der Waals surface area contributed by atoms with Gasteiger partial charge in [-0.15, -0.1) is 0 Å². The molecule has 0 aliphatic carbocycles. The molecule has 0 saturated carbocycles. The second-order valence-corrected chi connectivity index (χ2v) is 3.17. The fourth-order valence-corrected chi connectivity index (χ4v) is 1.62. The van der Waals surface area contributed by atoms with Crippen LogP contribution >= 0.6 is 0 Å². The fraction of sp³-hybridized carbons (Fsp3) is 0. The molecule has 2 rings (SSSR count). The first-order valence-corrected chi connectivity index (χ1v) is 4.44. The molecule has 0 aliphatic heterocycles. The smallest absolute Gasteiger partial charge is 0.336 e. The van der Waals surface area contributed by atoms with Gasteiger partial charge in [0, 0.05) is 5.56 Å². The summed E-state index contributed by atoms with van der Waals surface area (Å²) in [5, 5.41) is 10.2. The molecule has 0 amide bonds. The van der Waals surface area contributed by atoms with Gasteiger partial charge in [0.15, 0.2) is 6.29 Å². The number of aldehydes is 1. The zero-order chi connectivity index (χ0) is 10.8. The Morgan fingerprint density at radius 2 is 1.73 bits per heavy atom. The predicted molar refractivity (Wildman–Crippen MR) is 56.3 cm³/mol. The van der Waals surface area contributed by atoms with Gasteiger partial charge < -0.3 is 5.11 Å². The average Bonchev–Trinajstić information content (AvgIpc) is 2.27. The summed E-state index contributed by atoms with van der Waals surface area (Å²) in [5.74, 6) is -0.983. The van der Waals surface area contributed by atoms with Crippen LogP contribution < -0.4 is 0 Å². The van der Waals surface area contributed by atoms with E-state index in [-0.39, 0.29) is 5.56 Å². The lowest BCUT2D eigenvalue weighted by molar-refractivity contribution is 0.0699. The zero-order valence-electron chi connectivity index (χ0n) is 7.81. The Labute approximate surface area is 86.0 Å². The van der Waals surface area contributed by atoms with Gasteiger partial charge in [-0.2, -0.15) is 0 Å². The van der Waals surface area contributed by atoms with E-state index in [9.17, 15) is 9.59 Å². The van der Waals surface area contributed by atoms with Crippen molar-refractivity contribution >= 4 is 23.0 Å². The highest BCUT2D eigenvalue weighted by molar-refractivity contribution is 6.08. The lowest BCUT2D eigenvalue weighted by Gasteiger charge is -2.03. The van der Waals surface area contributed by atoms with E-state index in [0.29, 0.717) is 16.3 Å². The van der Waals surface area contributed by atoms with E-state index in [1.54, 1.807) is 30.3 Å². The molecule has 0 bridgehead atoms. The second kappa shape index (κ2) is 3.53. The highest BCUT2D eigenvalue weighted by atomic mass is 16.4. The third-order valence-corrected chi connectivity index (χ3v) is 2.31. The number of carboxylic acids is 1. The van der Waals surface area contributed by atoms with Gasteiger partial charge in [0.25, 0.3) is 0 Å². The first-order valence-electron chi connectivity index (χ1n) is 4.44. The second-order valence-electron chi connectivity index (χ2n) is 3.17. The van der Waals surface area contributed by atoms with Gasteiger partial charge in [-0.05, 0) is 16.8 Å². The van der Waals surface area contributed by atoms with Crippen LogP contribution in [0.1, 0.15) is 20.7 Å². The summed E-state index contributed by atoms with van der Waals surface area (Å²) in [7, 11) is 0. The van der Waals surface area contributed by atoms with E-state index in [1.807, 2.05) is 0 Å². The highest BCUT2D eigenvalue weighted by Gasteiger charge is 2.08. The molecular formula is C12H8O3. The predicted octanol–water partition coefficient (Wildman–Crippen LogP) is 2.35. The largest absolute Gasteiger partial charge is 0.478 e. The van der Waals surface area contributed by atoms with Crippen molar-refractivity contribution in [3.05, 3.63) is 47.5 Å². The van der Waals surface area contributed by atoms with Gasteiger partial charge in [0.2, 0.25) is 0 Å². The van der Waals surface area contributed by atoms with Crippen molar-refractivity contribution in [3.63, 3.8) is 0 Å². The molecule has 0 heterocycles. The Morgan fingerprint density at radius 3 is 2.40 bits per heavy atom. The quantitative estimate of drug-likeness (QED) is 0.757. The molecular weight excluding hydrogens is 192 g/mol. The summed E-state index contributed by atoms with van der Waals surface area (Å²) in [6.07, 6.45) is 0.730. The number of carboxylic acid groups (broad SMARTS) is 1. The van der Waals surface area contributed by atoms with Crippen molar-refractivity contribution in [1.82, 2.24) is 0 Å². The molecule has 0 radical (unpaired) electrons. The summed E-state index contributed by atoms with van der Waals surface area (Å²) >= 11 is 0. The first kappa shape index (κ1) is 9.40. The molecule has 3 heteroatoms. The van der Waals surface area contributed by atoms with Crippen LogP contribution in [-0.2, 0) is 0 Å². The Morgan fingerprint density at radius 1 is 1.07 bits per heavy atom. The fourth-order valence-electron chi connectivity index (χ4n) is 1.62. The molecule has 0 spiro atoms. The summed E-state index contributed by atoms with van der Waals surface area (Å²) in [4.78, 5) is 21.7. The van der Waals surface area contributed by atoms with E-state index in [2.05, 4.69) is 0 Å². The van der Waals surface area contributed by atoms with E-state index in [0.717, 1.165) is 6.29 Å². The summed E-state index contributed by atoms with van der Waals surface area (Å²) in [5.41, 5.74) is 0.729. The average molecular weight is 200 g/mol. The van der Waals surface area contributed by atoms with Gasteiger partial charge in [0.05, 0.1) is 5.56 Å². The minimum atomic E-state index is -0.983. The summed E-state index contributed by atoms with van der Waals surface area (Å²) in [6.45, 7) is 0. The Kier molecular flexibility index (Phi) is 2.21. The lowest BCUT2D eigenvalue weighted by atomic mass is 10.0. The first-order chi connectivity index (χ1) is 7.24. The maximum atomic E-state index is 10.9. The van der Waals surface area contributed by atoms with E-state index >= 15 is 0 Å². The summed E-state index contributed by atoms with van der Waals surface area (Å²) in [6, 6.07) is 9.95. The third kappa shape index (κ3) is 1.48. The molecule has 0 aliphatic rings.